The van der Waals surface area contributed by atoms with Crippen LogP contribution in [0, 0.1) is 6.92 Å². The Hall–Kier alpha value is -2.31. The molecular formula is C24H33ClN4O2. The second kappa shape index (κ2) is 10.3. The van der Waals surface area contributed by atoms with Crippen molar-refractivity contribution < 1.29 is 4.79 Å². The van der Waals surface area contributed by atoms with Crippen molar-refractivity contribution >= 4 is 23.2 Å². The van der Waals surface area contributed by atoms with Crippen LogP contribution in [-0.4, -0.2) is 48.5 Å². The number of carbonyl (C=O) groups is 1. The van der Waals surface area contributed by atoms with Gasteiger partial charge in [0, 0.05) is 53.2 Å². The predicted molar refractivity (Wildman–Crippen MR) is 127 cm³/mol. The Morgan fingerprint density at radius 2 is 1.87 bits per heavy atom. The summed E-state index contributed by atoms with van der Waals surface area (Å²) in [6.07, 6.45) is 6.17. The molecule has 0 unspecified atom stereocenters. The monoisotopic (exact) mass is 444 g/mol. The van der Waals surface area contributed by atoms with Gasteiger partial charge in [-0.2, -0.15) is 0 Å². The van der Waals surface area contributed by atoms with Crippen LogP contribution in [0.3, 0.4) is 0 Å². The highest BCUT2D eigenvalue weighted by molar-refractivity contribution is 6.31. The number of carbonyl (C=O) groups excluding carboxylic acids is 1. The van der Waals surface area contributed by atoms with E-state index in [9.17, 15) is 9.59 Å². The summed E-state index contributed by atoms with van der Waals surface area (Å²) in [5.74, 6) is -0.225. The van der Waals surface area contributed by atoms with Gasteiger partial charge in [-0.25, -0.2) is 0 Å². The molecule has 0 spiro atoms. The quantitative estimate of drug-likeness (QED) is 0.678. The molecule has 31 heavy (non-hydrogen) atoms. The molecule has 1 saturated carbocycles. The molecule has 1 amide bonds. The molecule has 2 N–H and O–H groups in total. The summed E-state index contributed by atoms with van der Waals surface area (Å²) in [7, 11) is 4.30. The van der Waals surface area contributed by atoms with Gasteiger partial charge >= 0.3 is 0 Å². The first-order valence-electron chi connectivity index (χ1n) is 11.0. The maximum absolute atomic E-state index is 13.0. The molecule has 0 radical (unpaired) electrons. The smallest absolute Gasteiger partial charge is 0.252 e. The Morgan fingerprint density at radius 3 is 2.48 bits per heavy atom. The molecule has 3 rings (SSSR count). The van der Waals surface area contributed by atoms with Crippen LogP contribution in [0.1, 0.15) is 54.1 Å². The lowest BCUT2D eigenvalue weighted by atomic mass is 9.89. The molecule has 0 aliphatic heterocycles. The van der Waals surface area contributed by atoms with Gasteiger partial charge in [0.2, 0.25) is 0 Å². The molecule has 1 fully saturated rings. The van der Waals surface area contributed by atoms with E-state index < -0.39 is 0 Å². The zero-order chi connectivity index (χ0) is 22.5. The third kappa shape index (κ3) is 5.49. The second-order valence-corrected chi connectivity index (χ2v) is 8.95. The molecule has 1 aliphatic carbocycles. The molecule has 0 atom stereocenters. The number of amides is 1. The molecule has 0 saturated heterocycles. The van der Waals surface area contributed by atoms with Crippen LogP contribution >= 0.6 is 11.6 Å². The average Bonchev–Trinajstić information content (AvgIpc) is 2.76. The lowest BCUT2D eigenvalue weighted by Crippen LogP contribution is -2.42. The normalized spacial score (nSPS) is 18.8. The number of hydrogen-bond donors (Lipinski definition) is 2. The Bertz CT molecular complexity index is 964. The molecule has 7 heteroatoms. The van der Waals surface area contributed by atoms with E-state index in [1.165, 1.54) is 12.8 Å². The highest BCUT2D eigenvalue weighted by Crippen LogP contribution is 2.34. The lowest BCUT2D eigenvalue weighted by Gasteiger charge is -2.40. The van der Waals surface area contributed by atoms with Crippen LogP contribution in [0.5, 0.6) is 0 Å². The minimum atomic E-state index is -0.225. The van der Waals surface area contributed by atoms with Crippen LogP contribution in [0.15, 0.2) is 35.3 Å². The van der Waals surface area contributed by atoms with E-state index in [4.69, 9.17) is 11.6 Å². The largest absolute Gasteiger partial charge is 0.369 e. The first kappa shape index (κ1) is 23.4. The number of aromatic nitrogens is 1. The van der Waals surface area contributed by atoms with Gasteiger partial charge in [-0.1, -0.05) is 17.7 Å². The van der Waals surface area contributed by atoms with Crippen molar-refractivity contribution in [3.63, 3.8) is 0 Å². The number of halogens is 1. The Labute approximate surface area is 189 Å². The van der Waals surface area contributed by atoms with Gasteiger partial charge in [0.05, 0.1) is 0 Å². The van der Waals surface area contributed by atoms with E-state index in [1.54, 1.807) is 24.4 Å². The molecule has 2 aromatic rings. The number of rotatable bonds is 7. The summed E-state index contributed by atoms with van der Waals surface area (Å²) in [5.41, 5.74) is 2.81. The van der Waals surface area contributed by atoms with Gasteiger partial charge in [0.1, 0.15) is 0 Å². The van der Waals surface area contributed by atoms with Crippen molar-refractivity contribution in [3.05, 3.63) is 62.5 Å². The summed E-state index contributed by atoms with van der Waals surface area (Å²) in [5, 5.41) is 3.41. The van der Waals surface area contributed by atoms with E-state index in [0.717, 1.165) is 30.6 Å². The number of nitrogens with zero attached hydrogens (tertiary/aromatic N) is 2. The van der Waals surface area contributed by atoms with Crippen molar-refractivity contribution in [3.8, 4) is 0 Å². The number of anilines is 1. The number of benzene rings is 1. The van der Waals surface area contributed by atoms with Gasteiger partial charge in [0.15, 0.2) is 0 Å². The van der Waals surface area contributed by atoms with Gasteiger partial charge in [-0.15, -0.1) is 0 Å². The van der Waals surface area contributed by atoms with Gasteiger partial charge in [0.25, 0.3) is 11.5 Å². The van der Waals surface area contributed by atoms with Crippen molar-refractivity contribution in [2.45, 2.75) is 58.2 Å². The molecule has 1 aliphatic rings. The SMILES string of the molecule is CCN(c1cc(Cl)cc(C(=O)NCc2ccc[nH]c2=O)c1C)C1CCC(N(C)C)CC1. The van der Waals surface area contributed by atoms with Crippen LogP contribution in [0.25, 0.3) is 0 Å². The Balaban J connectivity index is 1.79. The van der Waals surface area contributed by atoms with E-state index in [1.807, 2.05) is 13.0 Å². The van der Waals surface area contributed by atoms with Crippen molar-refractivity contribution in [1.82, 2.24) is 15.2 Å². The molecule has 168 valence electrons. The summed E-state index contributed by atoms with van der Waals surface area (Å²) in [6.45, 7) is 5.16. The summed E-state index contributed by atoms with van der Waals surface area (Å²) < 4.78 is 0. The average molecular weight is 445 g/mol. The molecule has 0 bridgehead atoms. The van der Waals surface area contributed by atoms with E-state index in [2.05, 4.69) is 41.1 Å². The zero-order valence-electron chi connectivity index (χ0n) is 18.9. The number of pyridine rings is 1. The summed E-state index contributed by atoms with van der Waals surface area (Å²) in [6, 6.07) is 8.21. The zero-order valence-corrected chi connectivity index (χ0v) is 19.6. The molecule has 1 aromatic carbocycles. The number of aromatic amines is 1. The van der Waals surface area contributed by atoms with E-state index in [0.29, 0.717) is 28.2 Å². The highest BCUT2D eigenvalue weighted by Gasteiger charge is 2.28. The summed E-state index contributed by atoms with van der Waals surface area (Å²) in [4.78, 5) is 32.2. The van der Waals surface area contributed by atoms with E-state index >= 15 is 0 Å². The fourth-order valence-electron chi connectivity index (χ4n) is 4.58. The number of H-pyrrole nitrogens is 1. The third-order valence-corrected chi connectivity index (χ3v) is 6.63. The van der Waals surface area contributed by atoms with E-state index in [-0.39, 0.29) is 18.0 Å². The van der Waals surface area contributed by atoms with Crippen molar-refractivity contribution in [1.29, 1.82) is 0 Å². The first-order chi connectivity index (χ1) is 14.8. The first-order valence-corrected chi connectivity index (χ1v) is 11.4. The van der Waals surface area contributed by atoms with Crippen molar-refractivity contribution in [2.75, 3.05) is 25.5 Å². The third-order valence-electron chi connectivity index (χ3n) is 6.42. The molecule has 1 aromatic heterocycles. The highest BCUT2D eigenvalue weighted by atomic mass is 35.5. The predicted octanol–water partition coefficient (Wildman–Crippen LogP) is 3.97. The second-order valence-electron chi connectivity index (χ2n) is 8.52. The standard InChI is InChI=1S/C24H33ClN4O2/c1-5-29(20-10-8-19(9-11-20)28(3)4)22-14-18(25)13-21(16(22)2)24(31)27-15-17-7-6-12-26-23(17)30/h6-7,12-14,19-20H,5,8-11,15H2,1-4H3,(H,26,30)(H,27,31). The summed E-state index contributed by atoms with van der Waals surface area (Å²) >= 11 is 6.44. The van der Waals surface area contributed by atoms with Crippen LogP contribution in [0.2, 0.25) is 5.02 Å². The lowest BCUT2D eigenvalue weighted by molar-refractivity contribution is 0.0950. The number of hydrogen-bond acceptors (Lipinski definition) is 4. The molecule has 1 heterocycles. The minimum Gasteiger partial charge on any atom is -0.369 e. The van der Waals surface area contributed by atoms with Crippen LogP contribution < -0.4 is 15.8 Å². The Morgan fingerprint density at radius 1 is 1.19 bits per heavy atom. The van der Waals surface area contributed by atoms with Gasteiger partial charge < -0.3 is 20.1 Å². The number of nitrogens with one attached hydrogen (secondary N) is 2. The fraction of sp³-hybridized carbons (Fsp3) is 0.500. The molecular weight excluding hydrogens is 412 g/mol. The van der Waals surface area contributed by atoms with Crippen molar-refractivity contribution in [2.24, 2.45) is 0 Å². The van der Waals surface area contributed by atoms with Gasteiger partial charge in [-0.05, 0) is 77.4 Å². The van der Waals surface area contributed by atoms with Gasteiger partial charge in [-0.3, -0.25) is 9.59 Å². The molecule has 6 nitrogen and oxygen atoms in total. The minimum absolute atomic E-state index is 0.169. The topological polar surface area (TPSA) is 68.4 Å². The fourth-order valence-corrected chi connectivity index (χ4v) is 4.79. The van der Waals surface area contributed by atoms with Crippen LogP contribution in [0.4, 0.5) is 5.69 Å². The van der Waals surface area contributed by atoms with Crippen LogP contribution in [-0.2, 0) is 6.54 Å². The maximum Gasteiger partial charge on any atom is 0.252 e. The maximum atomic E-state index is 13.0. The Kier molecular flexibility index (Phi) is 7.79.